The van der Waals surface area contributed by atoms with E-state index in [0.29, 0.717) is 0 Å². The molecule has 1 aliphatic rings. The van der Waals surface area contributed by atoms with Crippen LogP contribution >= 0.6 is 0 Å². The predicted molar refractivity (Wildman–Crippen MR) is 92.6 cm³/mol. The molecule has 0 saturated carbocycles. The Morgan fingerprint density at radius 1 is 0.957 bits per heavy atom. The summed E-state index contributed by atoms with van der Waals surface area (Å²) in [5, 5.41) is 1.16. The highest BCUT2D eigenvalue weighted by molar-refractivity contribution is 5.94. The molecule has 3 aromatic rings. The lowest BCUT2D eigenvalue weighted by Gasteiger charge is -2.29. The highest BCUT2D eigenvalue weighted by Crippen LogP contribution is 2.33. The van der Waals surface area contributed by atoms with Gasteiger partial charge in [0.2, 0.25) is 0 Å². The fourth-order valence-corrected chi connectivity index (χ4v) is 3.15. The van der Waals surface area contributed by atoms with Crippen LogP contribution in [-0.4, -0.2) is 11.5 Å². The Morgan fingerprint density at radius 2 is 1.78 bits per heavy atom. The van der Waals surface area contributed by atoms with Crippen LogP contribution in [0.5, 0.6) is 0 Å². The van der Waals surface area contributed by atoms with Crippen LogP contribution in [0.4, 0.5) is 10.1 Å². The molecule has 23 heavy (non-hydrogen) atoms. The number of piperidine rings is 1. The molecule has 2 heterocycles. The van der Waals surface area contributed by atoms with Crippen LogP contribution in [-0.2, 0) is 0 Å². The third-order valence-corrected chi connectivity index (χ3v) is 4.35. The van der Waals surface area contributed by atoms with E-state index in [-0.39, 0.29) is 5.82 Å². The van der Waals surface area contributed by atoms with Crippen molar-refractivity contribution < 1.29 is 4.39 Å². The van der Waals surface area contributed by atoms with Gasteiger partial charge in [-0.2, -0.15) is 0 Å². The van der Waals surface area contributed by atoms with Crippen LogP contribution in [0, 0.1) is 12.4 Å². The van der Waals surface area contributed by atoms with E-state index < -0.39 is 0 Å². The second kappa shape index (κ2) is 5.99. The zero-order valence-electron chi connectivity index (χ0n) is 12.9. The number of halogens is 1. The second-order valence-electron chi connectivity index (χ2n) is 5.92. The van der Waals surface area contributed by atoms with Crippen LogP contribution in [0.3, 0.4) is 0 Å². The second-order valence-corrected chi connectivity index (χ2v) is 5.92. The normalized spacial score (nSPS) is 15.1. The van der Waals surface area contributed by atoms with Gasteiger partial charge in [-0.25, -0.2) is 9.37 Å². The Morgan fingerprint density at radius 3 is 2.57 bits per heavy atom. The molecular formula is C20H18FN2. The summed E-state index contributed by atoms with van der Waals surface area (Å²) in [4.78, 5) is 7.10. The highest BCUT2D eigenvalue weighted by Gasteiger charge is 2.16. The minimum atomic E-state index is -0.223. The summed E-state index contributed by atoms with van der Waals surface area (Å²) in [7, 11) is 0. The van der Waals surface area contributed by atoms with Crippen LogP contribution in [0.2, 0.25) is 0 Å². The molecule has 1 aliphatic heterocycles. The van der Waals surface area contributed by atoms with Crippen molar-refractivity contribution in [1.82, 2.24) is 4.98 Å². The fraction of sp³-hybridized carbons (Fsp3) is 0.200. The van der Waals surface area contributed by atoms with Crippen molar-refractivity contribution in [3.63, 3.8) is 0 Å². The lowest BCUT2D eigenvalue weighted by atomic mass is 10.0. The number of para-hydroxylation sites is 1. The van der Waals surface area contributed by atoms with Gasteiger partial charge in [0, 0.05) is 29.7 Å². The van der Waals surface area contributed by atoms with E-state index in [4.69, 9.17) is 4.98 Å². The van der Waals surface area contributed by atoms with E-state index in [9.17, 15) is 4.39 Å². The maximum Gasteiger partial charge on any atom is 0.123 e. The first kappa shape index (κ1) is 14.2. The van der Waals surface area contributed by atoms with Gasteiger partial charge in [0.1, 0.15) is 5.82 Å². The van der Waals surface area contributed by atoms with E-state index in [1.165, 1.54) is 30.7 Å². The molecule has 3 heteroatoms. The number of anilines is 1. The monoisotopic (exact) mass is 305 g/mol. The van der Waals surface area contributed by atoms with Crippen molar-refractivity contribution in [2.75, 3.05) is 11.4 Å². The highest BCUT2D eigenvalue weighted by atomic mass is 19.1. The van der Waals surface area contributed by atoms with E-state index in [1.54, 1.807) is 12.1 Å². The molecule has 115 valence electrons. The smallest absolute Gasteiger partial charge is 0.123 e. The summed E-state index contributed by atoms with van der Waals surface area (Å²) < 4.78 is 13.2. The molecule has 1 aromatic heterocycles. The fourth-order valence-electron chi connectivity index (χ4n) is 3.15. The maximum atomic E-state index is 13.2. The van der Waals surface area contributed by atoms with E-state index >= 15 is 0 Å². The first-order chi connectivity index (χ1) is 11.3. The van der Waals surface area contributed by atoms with Gasteiger partial charge in [0.05, 0.1) is 11.2 Å². The van der Waals surface area contributed by atoms with Gasteiger partial charge in [0.25, 0.3) is 0 Å². The average molecular weight is 305 g/mol. The van der Waals surface area contributed by atoms with Gasteiger partial charge in [0.15, 0.2) is 0 Å². The van der Waals surface area contributed by atoms with Gasteiger partial charge in [-0.05, 0) is 55.7 Å². The summed E-state index contributed by atoms with van der Waals surface area (Å²) in [5.74, 6) is -0.223. The van der Waals surface area contributed by atoms with Crippen molar-refractivity contribution >= 4 is 16.6 Å². The number of hydrogen-bond donors (Lipinski definition) is 0. The summed E-state index contributed by atoms with van der Waals surface area (Å²) in [6, 6.07) is 16.9. The van der Waals surface area contributed by atoms with Crippen molar-refractivity contribution in [1.29, 1.82) is 0 Å². The Labute approximate surface area is 135 Å². The maximum absolute atomic E-state index is 13.2. The topological polar surface area (TPSA) is 16.1 Å². The molecule has 0 unspecified atom stereocenters. The molecule has 1 saturated heterocycles. The largest absolute Gasteiger partial charge is 0.366 e. The quantitative estimate of drug-likeness (QED) is 0.647. The summed E-state index contributed by atoms with van der Waals surface area (Å²) >= 11 is 0. The Hall–Kier alpha value is -2.42. The molecule has 4 rings (SSSR count). The molecule has 0 N–H and O–H groups in total. The number of rotatable bonds is 2. The van der Waals surface area contributed by atoms with Gasteiger partial charge >= 0.3 is 0 Å². The molecular weight excluding hydrogens is 287 g/mol. The SMILES string of the molecule is Fc1ccc(-c2cc(N3[CH]CCCC3)c3ccccc3n2)cc1. The minimum Gasteiger partial charge on any atom is -0.366 e. The Kier molecular flexibility index (Phi) is 3.70. The van der Waals surface area contributed by atoms with Crippen LogP contribution in [0.1, 0.15) is 19.3 Å². The van der Waals surface area contributed by atoms with Crippen molar-refractivity contribution in [2.45, 2.75) is 19.3 Å². The molecule has 1 radical (unpaired) electrons. The average Bonchev–Trinajstić information content (AvgIpc) is 2.62. The van der Waals surface area contributed by atoms with Crippen molar-refractivity contribution in [3.05, 3.63) is 67.0 Å². The minimum absolute atomic E-state index is 0.223. The lowest BCUT2D eigenvalue weighted by Crippen LogP contribution is -2.25. The van der Waals surface area contributed by atoms with Gasteiger partial charge in [-0.15, -0.1) is 0 Å². The van der Waals surface area contributed by atoms with Crippen molar-refractivity contribution in [3.8, 4) is 11.3 Å². The number of benzene rings is 2. The molecule has 0 bridgehead atoms. The van der Waals surface area contributed by atoms with Crippen LogP contribution in [0.15, 0.2) is 54.6 Å². The molecule has 0 atom stereocenters. The molecule has 2 aromatic carbocycles. The van der Waals surface area contributed by atoms with Gasteiger partial charge in [-0.1, -0.05) is 18.2 Å². The van der Waals surface area contributed by atoms with Crippen molar-refractivity contribution in [2.24, 2.45) is 0 Å². The third kappa shape index (κ3) is 2.79. The summed E-state index contributed by atoms with van der Waals surface area (Å²) in [6.07, 6.45) is 3.58. The third-order valence-electron chi connectivity index (χ3n) is 4.35. The van der Waals surface area contributed by atoms with E-state index in [0.717, 1.165) is 35.1 Å². The van der Waals surface area contributed by atoms with E-state index in [1.807, 2.05) is 12.1 Å². The van der Waals surface area contributed by atoms with Gasteiger partial charge < -0.3 is 4.90 Å². The first-order valence-corrected chi connectivity index (χ1v) is 8.07. The number of hydrogen-bond acceptors (Lipinski definition) is 2. The molecule has 2 nitrogen and oxygen atoms in total. The molecule has 0 amide bonds. The summed E-state index contributed by atoms with van der Waals surface area (Å²) in [5.41, 5.74) is 3.99. The number of aromatic nitrogens is 1. The first-order valence-electron chi connectivity index (χ1n) is 8.07. The number of fused-ring (bicyclic) bond motifs is 1. The molecule has 0 spiro atoms. The number of pyridine rings is 1. The van der Waals surface area contributed by atoms with Crippen LogP contribution in [0.25, 0.3) is 22.2 Å². The van der Waals surface area contributed by atoms with E-state index in [2.05, 4.69) is 29.6 Å². The lowest BCUT2D eigenvalue weighted by molar-refractivity contribution is 0.628. The molecule has 0 aliphatic carbocycles. The zero-order valence-corrected chi connectivity index (χ0v) is 12.9. The number of nitrogens with zero attached hydrogens (tertiary/aromatic N) is 2. The zero-order chi connectivity index (χ0) is 15.6. The Bertz CT molecular complexity index is 821. The van der Waals surface area contributed by atoms with Crippen LogP contribution < -0.4 is 4.90 Å². The predicted octanol–water partition coefficient (Wildman–Crippen LogP) is 5.19. The van der Waals surface area contributed by atoms with Gasteiger partial charge in [-0.3, -0.25) is 0 Å². The Balaban J connectivity index is 1.87. The summed E-state index contributed by atoms with van der Waals surface area (Å²) in [6.45, 7) is 3.32. The molecule has 1 fully saturated rings. The standard InChI is InChI=1S/C20H18FN2/c21-16-10-8-15(9-11-16)19-14-20(23-12-4-1-5-13-23)17-6-2-3-7-18(17)22-19/h2-3,6-12,14H,1,4-5,13H2.